The van der Waals surface area contributed by atoms with E-state index in [4.69, 9.17) is 4.98 Å². The summed E-state index contributed by atoms with van der Waals surface area (Å²) >= 11 is 1.71. The first-order valence-electron chi connectivity index (χ1n) is 6.51. The van der Waals surface area contributed by atoms with Gasteiger partial charge in [-0.1, -0.05) is 27.7 Å². The van der Waals surface area contributed by atoms with Gasteiger partial charge in [0.2, 0.25) is 0 Å². The predicted molar refractivity (Wildman–Crippen MR) is 78.1 cm³/mol. The highest BCUT2D eigenvalue weighted by atomic mass is 32.1. The van der Waals surface area contributed by atoms with E-state index in [1.165, 1.54) is 0 Å². The van der Waals surface area contributed by atoms with Crippen molar-refractivity contribution < 1.29 is 5.11 Å². The Morgan fingerprint density at radius 2 is 1.89 bits per heavy atom. The normalized spacial score (nSPS) is 13.3. The summed E-state index contributed by atoms with van der Waals surface area (Å²) in [6.07, 6.45) is 0. The Bertz CT molecular complexity index is 374. The number of thiazole rings is 1. The fourth-order valence-corrected chi connectivity index (χ4v) is 2.81. The van der Waals surface area contributed by atoms with E-state index < -0.39 is 5.60 Å². The molecule has 1 heterocycles. The smallest absolute Gasteiger partial charge is 0.107 e. The van der Waals surface area contributed by atoms with Gasteiger partial charge >= 0.3 is 0 Å². The van der Waals surface area contributed by atoms with Crippen LogP contribution in [-0.4, -0.2) is 33.7 Å². The highest BCUT2D eigenvalue weighted by Gasteiger charge is 2.20. The van der Waals surface area contributed by atoms with E-state index in [-0.39, 0.29) is 5.41 Å². The van der Waals surface area contributed by atoms with Gasteiger partial charge in [0.1, 0.15) is 5.01 Å². The van der Waals surface area contributed by atoms with E-state index in [1.54, 1.807) is 11.3 Å². The van der Waals surface area contributed by atoms with Crippen molar-refractivity contribution in [2.75, 3.05) is 13.1 Å². The fourth-order valence-electron chi connectivity index (χ4n) is 1.75. The second-order valence-electron chi connectivity index (χ2n) is 6.49. The van der Waals surface area contributed by atoms with Crippen molar-refractivity contribution in [1.29, 1.82) is 0 Å². The number of likely N-dealkylation sites (N-methyl/N-ethyl adjacent to an activating group) is 1. The molecule has 0 aliphatic carbocycles. The molecule has 1 aromatic heterocycles. The Hall–Kier alpha value is -0.450. The third kappa shape index (κ3) is 5.04. The van der Waals surface area contributed by atoms with Gasteiger partial charge in [-0.2, -0.15) is 0 Å². The van der Waals surface area contributed by atoms with Gasteiger partial charge in [0.25, 0.3) is 0 Å². The third-order valence-electron chi connectivity index (χ3n) is 2.74. The van der Waals surface area contributed by atoms with Gasteiger partial charge in [-0.15, -0.1) is 11.3 Å². The van der Waals surface area contributed by atoms with Crippen LogP contribution in [0.1, 0.15) is 52.2 Å². The number of rotatable bonds is 5. The van der Waals surface area contributed by atoms with Crippen LogP contribution < -0.4 is 0 Å². The van der Waals surface area contributed by atoms with Gasteiger partial charge in [-0.05, 0) is 20.4 Å². The first-order chi connectivity index (χ1) is 8.12. The minimum Gasteiger partial charge on any atom is -0.389 e. The van der Waals surface area contributed by atoms with Crippen LogP contribution in [0.2, 0.25) is 0 Å². The SMILES string of the molecule is CCN(Cc1nc(C(C)(C)C)cs1)CC(C)(C)O. The van der Waals surface area contributed by atoms with Crippen LogP contribution in [0, 0.1) is 0 Å². The van der Waals surface area contributed by atoms with Gasteiger partial charge in [0.15, 0.2) is 0 Å². The minimum atomic E-state index is -0.653. The van der Waals surface area contributed by atoms with Crippen LogP contribution in [0.3, 0.4) is 0 Å². The second kappa shape index (κ2) is 5.68. The monoisotopic (exact) mass is 270 g/mol. The van der Waals surface area contributed by atoms with Gasteiger partial charge in [-0.3, -0.25) is 4.90 Å². The molecule has 0 saturated heterocycles. The summed E-state index contributed by atoms with van der Waals surface area (Å²) in [5, 5.41) is 13.1. The summed E-state index contributed by atoms with van der Waals surface area (Å²) in [5.74, 6) is 0. The summed E-state index contributed by atoms with van der Waals surface area (Å²) in [7, 11) is 0. The summed E-state index contributed by atoms with van der Waals surface area (Å²) in [4.78, 5) is 6.92. The van der Waals surface area contributed by atoms with E-state index in [1.807, 2.05) is 13.8 Å². The zero-order valence-corrected chi connectivity index (χ0v) is 13.3. The van der Waals surface area contributed by atoms with Gasteiger partial charge in [0.05, 0.1) is 17.8 Å². The van der Waals surface area contributed by atoms with Crippen LogP contribution in [0.25, 0.3) is 0 Å². The molecule has 18 heavy (non-hydrogen) atoms. The molecule has 0 aliphatic heterocycles. The largest absolute Gasteiger partial charge is 0.389 e. The van der Waals surface area contributed by atoms with Crippen LogP contribution in [0.15, 0.2) is 5.38 Å². The molecule has 1 aromatic rings. The molecule has 0 amide bonds. The summed E-state index contributed by atoms with van der Waals surface area (Å²) in [6.45, 7) is 14.8. The Morgan fingerprint density at radius 3 is 2.28 bits per heavy atom. The first-order valence-corrected chi connectivity index (χ1v) is 7.39. The molecule has 1 N–H and O–H groups in total. The van der Waals surface area contributed by atoms with Crippen LogP contribution in [0.4, 0.5) is 0 Å². The van der Waals surface area contributed by atoms with E-state index in [9.17, 15) is 5.11 Å². The highest BCUT2D eigenvalue weighted by molar-refractivity contribution is 7.09. The van der Waals surface area contributed by atoms with Crippen LogP contribution in [-0.2, 0) is 12.0 Å². The lowest BCUT2D eigenvalue weighted by Gasteiger charge is -2.27. The third-order valence-corrected chi connectivity index (χ3v) is 3.57. The minimum absolute atomic E-state index is 0.113. The van der Waals surface area contributed by atoms with E-state index >= 15 is 0 Å². The van der Waals surface area contributed by atoms with Crippen molar-refractivity contribution in [3.63, 3.8) is 0 Å². The molecule has 1 rings (SSSR count). The lowest BCUT2D eigenvalue weighted by atomic mass is 9.93. The van der Waals surface area contributed by atoms with Crippen LogP contribution >= 0.6 is 11.3 Å². The fraction of sp³-hybridized carbons (Fsp3) is 0.786. The molecule has 0 radical (unpaired) electrons. The lowest BCUT2D eigenvalue weighted by molar-refractivity contribution is 0.0353. The molecule has 4 heteroatoms. The molecule has 104 valence electrons. The number of hydrogen-bond donors (Lipinski definition) is 1. The quantitative estimate of drug-likeness (QED) is 0.893. The predicted octanol–water partition coefficient (Wildman–Crippen LogP) is 3.03. The van der Waals surface area contributed by atoms with Crippen molar-refractivity contribution >= 4 is 11.3 Å². The molecule has 0 aliphatic rings. The molecule has 0 aromatic carbocycles. The maximum absolute atomic E-state index is 9.87. The van der Waals surface area contributed by atoms with Crippen molar-refractivity contribution in [2.24, 2.45) is 0 Å². The Labute approximate surface area is 115 Å². The summed E-state index contributed by atoms with van der Waals surface area (Å²) in [5.41, 5.74) is 0.615. The first kappa shape index (κ1) is 15.6. The van der Waals surface area contributed by atoms with Crippen molar-refractivity contribution in [1.82, 2.24) is 9.88 Å². The van der Waals surface area contributed by atoms with Crippen LogP contribution in [0.5, 0.6) is 0 Å². The summed E-state index contributed by atoms with van der Waals surface area (Å²) in [6, 6.07) is 0. The zero-order valence-electron chi connectivity index (χ0n) is 12.4. The maximum atomic E-state index is 9.87. The van der Waals surface area contributed by atoms with Gasteiger partial charge in [0, 0.05) is 17.3 Å². The molecular formula is C14H26N2OS. The second-order valence-corrected chi connectivity index (χ2v) is 7.43. The Kier molecular flexibility index (Phi) is 4.92. The van der Waals surface area contributed by atoms with Gasteiger partial charge in [-0.25, -0.2) is 4.98 Å². The van der Waals surface area contributed by atoms with E-state index in [0.29, 0.717) is 6.54 Å². The molecule has 0 saturated carbocycles. The molecule has 0 unspecified atom stereocenters. The average Bonchev–Trinajstić information content (AvgIpc) is 2.62. The molecule has 0 spiro atoms. The number of aliphatic hydroxyl groups is 1. The van der Waals surface area contributed by atoms with E-state index in [0.717, 1.165) is 23.8 Å². The number of hydrogen-bond acceptors (Lipinski definition) is 4. The number of nitrogens with zero attached hydrogens (tertiary/aromatic N) is 2. The Balaban J connectivity index is 2.68. The molecule has 3 nitrogen and oxygen atoms in total. The van der Waals surface area contributed by atoms with Crippen molar-refractivity contribution in [3.8, 4) is 0 Å². The molecule has 0 fully saturated rings. The molecular weight excluding hydrogens is 244 g/mol. The summed E-state index contributed by atoms with van der Waals surface area (Å²) < 4.78 is 0. The molecule has 0 atom stereocenters. The standard InChI is InChI=1S/C14H26N2OS/c1-7-16(10-14(5,6)17)8-12-15-11(9-18-12)13(2,3)4/h9,17H,7-8,10H2,1-6H3. The zero-order chi connectivity index (χ0) is 14.0. The highest BCUT2D eigenvalue weighted by Crippen LogP contribution is 2.24. The van der Waals surface area contributed by atoms with Crippen molar-refractivity contribution in [3.05, 3.63) is 16.1 Å². The van der Waals surface area contributed by atoms with Gasteiger partial charge < -0.3 is 5.11 Å². The topological polar surface area (TPSA) is 36.4 Å². The van der Waals surface area contributed by atoms with Crippen molar-refractivity contribution in [2.45, 2.75) is 59.1 Å². The maximum Gasteiger partial charge on any atom is 0.107 e. The lowest BCUT2D eigenvalue weighted by Crippen LogP contribution is -2.38. The Morgan fingerprint density at radius 1 is 1.28 bits per heavy atom. The molecule has 0 bridgehead atoms. The van der Waals surface area contributed by atoms with E-state index in [2.05, 4.69) is 38.0 Å². The number of aromatic nitrogens is 1. The average molecular weight is 270 g/mol.